The van der Waals surface area contributed by atoms with Gasteiger partial charge < -0.3 is 14.2 Å². The van der Waals surface area contributed by atoms with Gasteiger partial charge in [-0.05, 0) is 29.8 Å². The minimum atomic E-state index is -1.87. The van der Waals surface area contributed by atoms with E-state index >= 15 is 0 Å². The van der Waals surface area contributed by atoms with Crippen LogP contribution in [0.3, 0.4) is 0 Å². The molecule has 0 saturated carbocycles. The minimum Gasteiger partial charge on any atom is -0.500 e. The summed E-state index contributed by atoms with van der Waals surface area (Å²) in [5.74, 6) is 3.17. The predicted octanol–water partition coefficient (Wildman–Crippen LogP) is 3.54. The molecular formula is C22H24O4Si. The molecule has 0 fully saturated rings. The lowest BCUT2D eigenvalue weighted by Gasteiger charge is -2.15. The molecule has 0 unspecified atom stereocenters. The summed E-state index contributed by atoms with van der Waals surface area (Å²) in [7, 11) is 0.865. The fraction of sp³-hybridized carbons (Fsp3) is 0.227. The first-order chi connectivity index (χ1) is 12.9. The molecule has 2 aromatic rings. The summed E-state index contributed by atoms with van der Waals surface area (Å²) in [4.78, 5) is 11.8. The van der Waals surface area contributed by atoms with Gasteiger partial charge >= 0.3 is 5.97 Å². The average Bonchev–Trinajstić information content (AvgIpc) is 2.68. The van der Waals surface area contributed by atoms with Crippen LogP contribution in [0.4, 0.5) is 0 Å². The number of rotatable bonds is 5. The molecule has 0 amide bonds. The van der Waals surface area contributed by atoms with Gasteiger partial charge in [0.25, 0.3) is 0 Å². The zero-order chi connectivity index (χ0) is 19.9. The number of esters is 1. The molecule has 0 aliphatic carbocycles. The maximum Gasteiger partial charge on any atom is 0.377 e. The van der Waals surface area contributed by atoms with Crippen molar-refractivity contribution in [2.75, 3.05) is 14.2 Å². The van der Waals surface area contributed by atoms with E-state index in [0.717, 1.165) is 11.1 Å². The normalized spacial score (nSPS) is 11.2. The smallest absolute Gasteiger partial charge is 0.377 e. The fourth-order valence-electron chi connectivity index (χ4n) is 2.38. The van der Waals surface area contributed by atoms with Crippen molar-refractivity contribution >= 4 is 19.2 Å². The first-order valence-electron chi connectivity index (χ1n) is 8.56. The molecule has 0 N–H and O–H groups in total. The quantitative estimate of drug-likeness (QED) is 0.262. The first-order valence-corrected chi connectivity index (χ1v) is 11.6. The van der Waals surface area contributed by atoms with Gasteiger partial charge in [-0.2, -0.15) is 0 Å². The van der Waals surface area contributed by atoms with Crippen LogP contribution in [0.2, 0.25) is 13.1 Å². The third-order valence-corrected chi connectivity index (χ3v) is 6.56. The highest BCUT2D eigenvalue weighted by Gasteiger charge is 2.20. The van der Waals surface area contributed by atoms with Crippen LogP contribution in [0, 0.1) is 18.4 Å². The van der Waals surface area contributed by atoms with E-state index in [1.807, 2.05) is 43.3 Å². The molecule has 0 spiro atoms. The number of aryl methyl sites for hydroxylation is 1. The lowest BCUT2D eigenvalue weighted by molar-refractivity contribution is -0.138. The number of hydrogen-bond donors (Lipinski definition) is 0. The number of methoxy groups -OCH3 is 2. The summed E-state index contributed by atoms with van der Waals surface area (Å²) in [6.07, 6.45) is 1.22. The second-order valence-corrected chi connectivity index (χ2v) is 10.6. The van der Waals surface area contributed by atoms with Crippen molar-refractivity contribution in [1.82, 2.24) is 0 Å². The summed E-state index contributed by atoms with van der Waals surface area (Å²) in [5.41, 5.74) is 5.16. The molecule has 0 aliphatic heterocycles. The molecule has 140 valence electrons. The predicted molar refractivity (Wildman–Crippen MR) is 109 cm³/mol. The molecule has 0 saturated heterocycles. The Hall–Kier alpha value is -2.97. The fourth-order valence-corrected chi connectivity index (χ4v) is 4.01. The van der Waals surface area contributed by atoms with Crippen LogP contribution in [0.25, 0.3) is 0 Å². The SMILES string of the molecule is CO/C=C(\Oc1cc(C#C[Si](C)(C)c2ccccc2)ccc1C)C(=O)OC. The lowest BCUT2D eigenvalue weighted by Crippen LogP contribution is -2.39. The van der Waals surface area contributed by atoms with Gasteiger partial charge in [0.1, 0.15) is 12.0 Å². The number of ether oxygens (including phenoxy) is 3. The van der Waals surface area contributed by atoms with E-state index in [-0.39, 0.29) is 5.76 Å². The zero-order valence-electron chi connectivity index (χ0n) is 16.3. The first kappa shape index (κ1) is 20.3. The van der Waals surface area contributed by atoms with Crippen LogP contribution >= 0.6 is 0 Å². The van der Waals surface area contributed by atoms with Crippen molar-refractivity contribution in [3.05, 3.63) is 71.7 Å². The highest BCUT2D eigenvalue weighted by molar-refractivity contribution is 6.96. The Morgan fingerprint density at radius 2 is 1.78 bits per heavy atom. The van der Waals surface area contributed by atoms with Gasteiger partial charge in [-0.1, -0.05) is 55.4 Å². The van der Waals surface area contributed by atoms with Crippen molar-refractivity contribution in [3.63, 3.8) is 0 Å². The Kier molecular flexibility index (Phi) is 6.86. The van der Waals surface area contributed by atoms with E-state index in [0.29, 0.717) is 5.75 Å². The number of carbonyl (C=O) groups is 1. The van der Waals surface area contributed by atoms with Gasteiger partial charge in [0, 0.05) is 5.56 Å². The van der Waals surface area contributed by atoms with Crippen molar-refractivity contribution in [2.24, 2.45) is 0 Å². The summed E-state index contributed by atoms with van der Waals surface area (Å²) in [6, 6.07) is 16.0. The van der Waals surface area contributed by atoms with E-state index in [9.17, 15) is 4.79 Å². The topological polar surface area (TPSA) is 44.8 Å². The Morgan fingerprint density at radius 3 is 2.41 bits per heavy atom. The molecule has 0 atom stereocenters. The monoisotopic (exact) mass is 380 g/mol. The molecule has 0 radical (unpaired) electrons. The Morgan fingerprint density at radius 1 is 1.07 bits per heavy atom. The largest absolute Gasteiger partial charge is 0.500 e. The summed E-state index contributed by atoms with van der Waals surface area (Å²) in [6.45, 7) is 6.34. The van der Waals surface area contributed by atoms with E-state index < -0.39 is 14.0 Å². The van der Waals surface area contributed by atoms with Gasteiger partial charge in [0.05, 0.1) is 14.2 Å². The van der Waals surface area contributed by atoms with Gasteiger partial charge in [-0.3, -0.25) is 0 Å². The molecule has 27 heavy (non-hydrogen) atoms. The molecule has 5 heteroatoms. The molecule has 0 aromatic heterocycles. The number of benzene rings is 2. The summed E-state index contributed by atoms with van der Waals surface area (Å²) >= 11 is 0. The number of carbonyl (C=O) groups excluding carboxylic acids is 1. The highest BCUT2D eigenvalue weighted by Crippen LogP contribution is 2.22. The Labute approximate surface area is 161 Å². The maximum atomic E-state index is 11.8. The van der Waals surface area contributed by atoms with Crippen molar-refractivity contribution < 1.29 is 19.0 Å². The van der Waals surface area contributed by atoms with E-state index in [2.05, 4.69) is 36.7 Å². The molecule has 0 bridgehead atoms. The molecule has 0 heterocycles. The Bertz CT molecular complexity index is 890. The molecule has 2 aromatic carbocycles. The summed E-state index contributed by atoms with van der Waals surface area (Å²) < 4.78 is 15.3. The lowest BCUT2D eigenvalue weighted by atomic mass is 10.1. The summed E-state index contributed by atoms with van der Waals surface area (Å²) in [5, 5.41) is 1.29. The molecule has 0 aliphatic rings. The third kappa shape index (κ3) is 5.50. The maximum absolute atomic E-state index is 11.8. The van der Waals surface area contributed by atoms with Crippen LogP contribution in [-0.2, 0) is 14.3 Å². The van der Waals surface area contributed by atoms with Crippen molar-refractivity contribution in [1.29, 1.82) is 0 Å². The van der Waals surface area contributed by atoms with Crippen molar-refractivity contribution in [3.8, 4) is 17.2 Å². The van der Waals surface area contributed by atoms with Crippen LogP contribution in [0.15, 0.2) is 60.6 Å². The number of hydrogen-bond acceptors (Lipinski definition) is 4. The van der Waals surface area contributed by atoms with Gasteiger partial charge in [-0.15, -0.1) is 5.54 Å². The molecule has 4 nitrogen and oxygen atoms in total. The van der Waals surface area contributed by atoms with Crippen LogP contribution in [-0.4, -0.2) is 28.3 Å². The van der Waals surface area contributed by atoms with E-state index in [1.165, 1.54) is 25.7 Å². The van der Waals surface area contributed by atoms with Crippen LogP contribution in [0.1, 0.15) is 11.1 Å². The zero-order valence-corrected chi connectivity index (χ0v) is 17.3. The standard InChI is InChI=1S/C22H24O4Si/c1-17-11-12-18(13-14-27(4,5)19-9-7-6-8-10-19)15-20(17)26-21(16-24-2)22(23)25-3/h6-12,15-16H,1-5H3/b21-16-. The highest BCUT2D eigenvalue weighted by atomic mass is 28.3. The molecule has 2 rings (SSSR count). The van der Waals surface area contributed by atoms with Crippen molar-refractivity contribution in [2.45, 2.75) is 20.0 Å². The second kappa shape index (κ2) is 9.11. The molecular weight excluding hydrogens is 356 g/mol. The Balaban J connectivity index is 2.31. The van der Waals surface area contributed by atoms with Gasteiger partial charge in [0.2, 0.25) is 5.76 Å². The van der Waals surface area contributed by atoms with Gasteiger partial charge in [0.15, 0.2) is 8.07 Å². The van der Waals surface area contributed by atoms with E-state index in [4.69, 9.17) is 14.2 Å². The van der Waals surface area contributed by atoms with Gasteiger partial charge in [-0.25, -0.2) is 4.79 Å². The minimum absolute atomic E-state index is 0.0211. The average molecular weight is 381 g/mol. The second-order valence-electron chi connectivity index (χ2n) is 6.53. The van der Waals surface area contributed by atoms with Crippen LogP contribution in [0.5, 0.6) is 5.75 Å². The van der Waals surface area contributed by atoms with E-state index in [1.54, 1.807) is 0 Å². The third-order valence-electron chi connectivity index (χ3n) is 4.03. The van der Waals surface area contributed by atoms with Crippen LogP contribution < -0.4 is 9.92 Å².